The molecule has 0 heteroatoms. The minimum Gasteiger partial charge on any atom is -0.0622 e. The summed E-state index contributed by atoms with van der Waals surface area (Å²) in [5, 5.41) is 7.63. The number of fused-ring (bicyclic) bond motifs is 3. The monoisotopic (exact) mass is 532 g/mol. The summed E-state index contributed by atoms with van der Waals surface area (Å²) in [6, 6.07) is 61.7. The fourth-order valence-corrected chi connectivity index (χ4v) is 6.44. The average molecular weight is 533 g/mol. The Kier molecular flexibility index (Phi) is 5.90. The summed E-state index contributed by atoms with van der Waals surface area (Å²) >= 11 is 0. The first-order valence-electron chi connectivity index (χ1n) is 14.5. The molecule has 0 fully saturated rings. The Bertz CT molecular complexity index is 2160. The summed E-state index contributed by atoms with van der Waals surface area (Å²) in [5.74, 6) is 0. The van der Waals surface area contributed by atoms with Gasteiger partial charge in [0.15, 0.2) is 0 Å². The normalized spacial score (nSPS) is 11.3. The molecule has 0 aliphatic rings. The number of rotatable bonds is 4. The van der Waals surface area contributed by atoms with Gasteiger partial charge in [0, 0.05) is 0 Å². The summed E-state index contributed by atoms with van der Waals surface area (Å²) in [5.41, 5.74) is 9.98. The van der Waals surface area contributed by atoms with E-state index in [0.717, 1.165) is 0 Å². The molecule has 0 aliphatic heterocycles. The quantitative estimate of drug-likeness (QED) is 0.198. The van der Waals surface area contributed by atoms with Crippen molar-refractivity contribution in [2.75, 3.05) is 0 Å². The second-order valence-electron chi connectivity index (χ2n) is 10.9. The molecule has 0 bridgehead atoms. The third kappa shape index (κ3) is 4.17. The Morgan fingerprint density at radius 2 is 0.619 bits per heavy atom. The topological polar surface area (TPSA) is 0 Å². The number of hydrogen-bond acceptors (Lipinski definition) is 0. The zero-order valence-electron chi connectivity index (χ0n) is 23.2. The molecule has 0 nitrogen and oxygen atoms in total. The largest absolute Gasteiger partial charge is 0.0622 e. The highest BCUT2D eigenvalue weighted by atomic mass is 14.2. The predicted octanol–water partition coefficient (Wildman–Crippen LogP) is 11.8. The van der Waals surface area contributed by atoms with Crippen LogP contribution in [0.3, 0.4) is 0 Å². The van der Waals surface area contributed by atoms with E-state index < -0.39 is 0 Å². The highest BCUT2D eigenvalue weighted by Gasteiger charge is 2.17. The molecule has 0 atom stereocenters. The van der Waals surface area contributed by atoms with E-state index in [4.69, 9.17) is 0 Å². The third-order valence-corrected chi connectivity index (χ3v) is 8.45. The zero-order chi connectivity index (χ0) is 27.9. The molecule has 0 unspecified atom stereocenters. The lowest BCUT2D eigenvalue weighted by atomic mass is 9.85. The predicted molar refractivity (Wildman–Crippen MR) is 181 cm³/mol. The van der Waals surface area contributed by atoms with Gasteiger partial charge in [-0.05, 0) is 89.0 Å². The molecular weight excluding hydrogens is 504 g/mol. The van der Waals surface area contributed by atoms with Crippen molar-refractivity contribution in [1.29, 1.82) is 0 Å². The van der Waals surface area contributed by atoms with E-state index in [-0.39, 0.29) is 0 Å². The van der Waals surface area contributed by atoms with Crippen LogP contribution in [0.1, 0.15) is 0 Å². The van der Waals surface area contributed by atoms with Gasteiger partial charge >= 0.3 is 0 Å². The molecular formula is C42H28. The number of benzene rings is 8. The van der Waals surface area contributed by atoms with Crippen LogP contribution < -0.4 is 0 Å². The fraction of sp³-hybridized carbons (Fsp3) is 0. The van der Waals surface area contributed by atoms with Gasteiger partial charge in [-0.25, -0.2) is 0 Å². The van der Waals surface area contributed by atoms with Crippen LogP contribution in [0.4, 0.5) is 0 Å². The van der Waals surface area contributed by atoms with Crippen molar-refractivity contribution in [2.24, 2.45) is 0 Å². The van der Waals surface area contributed by atoms with Crippen LogP contribution >= 0.6 is 0 Å². The zero-order valence-corrected chi connectivity index (χ0v) is 23.2. The molecule has 0 radical (unpaired) electrons. The summed E-state index contributed by atoms with van der Waals surface area (Å²) < 4.78 is 0. The van der Waals surface area contributed by atoms with E-state index in [9.17, 15) is 0 Å². The van der Waals surface area contributed by atoms with Crippen molar-refractivity contribution in [3.63, 3.8) is 0 Å². The second kappa shape index (κ2) is 10.2. The highest BCUT2D eigenvalue weighted by Crippen LogP contribution is 2.44. The van der Waals surface area contributed by atoms with Gasteiger partial charge in [-0.1, -0.05) is 158 Å². The summed E-state index contributed by atoms with van der Waals surface area (Å²) in [6.45, 7) is 0. The third-order valence-electron chi connectivity index (χ3n) is 8.45. The maximum Gasteiger partial charge on any atom is -0.00262 e. The maximum atomic E-state index is 2.35. The van der Waals surface area contributed by atoms with E-state index in [1.54, 1.807) is 0 Å². The Morgan fingerprint density at radius 3 is 1.24 bits per heavy atom. The van der Waals surface area contributed by atoms with Crippen molar-refractivity contribution >= 4 is 32.3 Å². The molecule has 42 heavy (non-hydrogen) atoms. The molecule has 0 heterocycles. The summed E-state index contributed by atoms with van der Waals surface area (Å²) in [6.07, 6.45) is 0. The maximum absolute atomic E-state index is 2.35. The SMILES string of the molecule is c1ccc(-c2ccc(-c3cccc(-c4c5ccccc5c(-c5ccc6ccccc6c5)c5ccccc45)c3)cc2)cc1. The first kappa shape index (κ1) is 24.3. The minimum absolute atomic E-state index is 1.22. The van der Waals surface area contributed by atoms with E-state index in [2.05, 4.69) is 170 Å². The van der Waals surface area contributed by atoms with Gasteiger partial charge in [-0.2, -0.15) is 0 Å². The summed E-state index contributed by atoms with van der Waals surface area (Å²) in [4.78, 5) is 0. The molecule has 0 aromatic heterocycles. The molecule has 8 aromatic carbocycles. The average Bonchev–Trinajstić information content (AvgIpc) is 3.07. The molecule has 0 aliphatic carbocycles. The van der Waals surface area contributed by atoms with Gasteiger partial charge in [0.2, 0.25) is 0 Å². The van der Waals surface area contributed by atoms with Crippen LogP contribution in [0.25, 0.3) is 76.8 Å². The molecule has 0 spiro atoms. The van der Waals surface area contributed by atoms with Crippen molar-refractivity contribution in [1.82, 2.24) is 0 Å². The molecule has 8 aromatic rings. The standard InChI is InChI=1S/C42H28/c1-2-11-29(12-3-1)31-21-23-32(24-22-31)34-15-10-16-35(27-34)41-37-17-6-8-19-39(37)42(40-20-9-7-18-38(40)41)36-26-25-30-13-4-5-14-33(30)28-36/h1-28H. The van der Waals surface area contributed by atoms with Gasteiger partial charge in [0.1, 0.15) is 0 Å². The van der Waals surface area contributed by atoms with Crippen LogP contribution in [0.2, 0.25) is 0 Å². The molecule has 0 amide bonds. The first-order valence-corrected chi connectivity index (χ1v) is 14.5. The van der Waals surface area contributed by atoms with Gasteiger partial charge in [0.05, 0.1) is 0 Å². The fourth-order valence-electron chi connectivity index (χ4n) is 6.44. The second-order valence-corrected chi connectivity index (χ2v) is 10.9. The van der Waals surface area contributed by atoms with Gasteiger partial charge in [0.25, 0.3) is 0 Å². The van der Waals surface area contributed by atoms with Crippen molar-refractivity contribution in [3.05, 3.63) is 170 Å². The lowest BCUT2D eigenvalue weighted by molar-refractivity contribution is 1.59. The number of hydrogen-bond donors (Lipinski definition) is 0. The van der Waals surface area contributed by atoms with E-state index in [1.807, 2.05) is 0 Å². The van der Waals surface area contributed by atoms with E-state index >= 15 is 0 Å². The highest BCUT2D eigenvalue weighted by molar-refractivity contribution is 6.21. The van der Waals surface area contributed by atoms with E-state index in [1.165, 1.54) is 76.8 Å². The molecule has 8 rings (SSSR count). The van der Waals surface area contributed by atoms with Gasteiger partial charge in [-0.15, -0.1) is 0 Å². The molecule has 0 saturated heterocycles. The molecule has 0 N–H and O–H groups in total. The Balaban J connectivity index is 1.32. The van der Waals surface area contributed by atoms with Crippen LogP contribution in [0, 0.1) is 0 Å². The smallest absolute Gasteiger partial charge is 0.00262 e. The van der Waals surface area contributed by atoms with Crippen LogP contribution in [-0.4, -0.2) is 0 Å². The van der Waals surface area contributed by atoms with E-state index in [0.29, 0.717) is 0 Å². The lowest BCUT2D eigenvalue weighted by Gasteiger charge is -2.18. The van der Waals surface area contributed by atoms with Crippen LogP contribution in [-0.2, 0) is 0 Å². The Morgan fingerprint density at radius 1 is 0.214 bits per heavy atom. The van der Waals surface area contributed by atoms with Crippen molar-refractivity contribution < 1.29 is 0 Å². The van der Waals surface area contributed by atoms with Crippen LogP contribution in [0.5, 0.6) is 0 Å². The van der Waals surface area contributed by atoms with Crippen molar-refractivity contribution in [2.45, 2.75) is 0 Å². The lowest BCUT2D eigenvalue weighted by Crippen LogP contribution is -1.91. The van der Waals surface area contributed by atoms with Gasteiger partial charge in [-0.3, -0.25) is 0 Å². The minimum atomic E-state index is 1.22. The van der Waals surface area contributed by atoms with Crippen LogP contribution in [0.15, 0.2) is 170 Å². The molecule has 0 saturated carbocycles. The Labute approximate surface area is 246 Å². The van der Waals surface area contributed by atoms with Gasteiger partial charge < -0.3 is 0 Å². The first-order chi connectivity index (χ1) is 20.8. The molecule has 196 valence electrons. The van der Waals surface area contributed by atoms with Crippen molar-refractivity contribution in [3.8, 4) is 44.5 Å². The summed E-state index contributed by atoms with van der Waals surface area (Å²) in [7, 11) is 0. The Hall–Kier alpha value is -5.46.